The minimum Gasteiger partial charge on any atom is -0.481 e. The molecule has 24 heavy (non-hydrogen) atoms. The molecule has 2 rings (SSSR count). The molecule has 0 aliphatic carbocycles. The van der Waals surface area contributed by atoms with Crippen LogP contribution < -0.4 is 0 Å². The van der Waals surface area contributed by atoms with Crippen molar-refractivity contribution in [2.24, 2.45) is 5.92 Å². The zero-order chi connectivity index (χ0) is 17.9. The molecule has 1 aliphatic heterocycles. The fraction of sp³-hybridized carbons (Fsp3) is 0.556. The Morgan fingerprint density at radius 3 is 2.58 bits per heavy atom. The quantitative estimate of drug-likeness (QED) is 0.826. The molecule has 2 atom stereocenters. The molecule has 2 unspecified atom stereocenters. The predicted molar refractivity (Wildman–Crippen MR) is 95.0 cm³/mol. The molecule has 1 aliphatic rings. The average molecular weight is 398 g/mol. The van der Waals surface area contributed by atoms with Gasteiger partial charge in [0.1, 0.15) is 5.60 Å². The molecule has 1 amide bonds. The van der Waals surface area contributed by atoms with Gasteiger partial charge >= 0.3 is 12.1 Å². The van der Waals surface area contributed by atoms with Crippen LogP contribution >= 0.6 is 15.9 Å². The molecule has 0 radical (unpaired) electrons. The van der Waals surface area contributed by atoms with E-state index >= 15 is 0 Å². The average Bonchev–Trinajstić information content (AvgIpc) is 2.48. The summed E-state index contributed by atoms with van der Waals surface area (Å²) < 4.78 is 6.21. The second-order valence-corrected chi connectivity index (χ2v) is 8.02. The van der Waals surface area contributed by atoms with Crippen molar-refractivity contribution in [3.63, 3.8) is 0 Å². The van der Waals surface area contributed by atoms with Crippen LogP contribution in [0.3, 0.4) is 0 Å². The summed E-state index contributed by atoms with van der Waals surface area (Å²) in [6, 6.07) is 7.37. The van der Waals surface area contributed by atoms with Gasteiger partial charge in [0.15, 0.2) is 0 Å². The van der Waals surface area contributed by atoms with E-state index in [2.05, 4.69) is 15.9 Å². The summed E-state index contributed by atoms with van der Waals surface area (Å²) in [6.07, 6.45) is 1.18. The number of amides is 1. The van der Waals surface area contributed by atoms with E-state index in [4.69, 9.17) is 4.74 Å². The monoisotopic (exact) mass is 397 g/mol. The highest BCUT2D eigenvalue weighted by Gasteiger charge is 2.36. The first-order chi connectivity index (χ1) is 11.2. The smallest absolute Gasteiger partial charge is 0.410 e. The van der Waals surface area contributed by atoms with Crippen molar-refractivity contribution in [2.75, 3.05) is 13.1 Å². The lowest BCUT2D eigenvalue weighted by Gasteiger charge is -2.36. The summed E-state index contributed by atoms with van der Waals surface area (Å²) in [7, 11) is 0. The molecule has 0 bridgehead atoms. The van der Waals surface area contributed by atoms with Crippen LogP contribution in [0.2, 0.25) is 0 Å². The van der Waals surface area contributed by atoms with Crippen LogP contribution in [-0.2, 0) is 9.53 Å². The van der Waals surface area contributed by atoms with Crippen molar-refractivity contribution in [1.82, 2.24) is 4.90 Å². The van der Waals surface area contributed by atoms with Gasteiger partial charge in [-0.1, -0.05) is 34.1 Å². The van der Waals surface area contributed by atoms with Crippen molar-refractivity contribution in [3.8, 4) is 0 Å². The van der Waals surface area contributed by atoms with E-state index in [-0.39, 0.29) is 12.0 Å². The third-order valence-electron chi connectivity index (χ3n) is 4.09. The number of likely N-dealkylation sites (tertiary alicyclic amines) is 1. The number of nitrogens with zero attached hydrogens (tertiary/aromatic N) is 1. The van der Waals surface area contributed by atoms with Crippen LogP contribution in [0.5, 0.6) is 0 Å². The summed E-state index contributed by atoms with van der Waals surface area (Å²) in [4.78, 5) is 25.8. The first kappa shape index (κ1) is 18.8. The third-order valence-corrected chi connectivity index (χ3v) is 4.81. The van der Waals surface area contributed by atoms with E-state index in [0.29, 0.717) is 13.1 Å². The first-order valence-corrected chi connectivity index (χ1v) is 8.93. The molecule has 0 spiro atoms. The number of carboxylic acid groups (broad SMARTS) is 1. The maximum absolute atomic E-state index is 12.3. The molecular weight excluding hydrogens is 374 g/mol. The van der Waals surface area contributed by atoms with Gasteiger partial charge in [0.2, 0.25) is 0 Å². The maximum Gasteiger partial charge on any atom is 0.410 e. The lowest BCUT2D eigenvalue weighted by Crippen LogP contribution is -2.45. The molecule has 1 N–H and O–H groups in total. The molecule has 6 heteroatoms. The highest BCUT2D eigenvalue weighted by molar-refractivity contribution is 9.10. The third kappa shape index (κ3) is 4.72. The Hall–Kier alpha value is -1.56. The molecule has 1 aromatic rings. The number of carbonyl (C=O) groups is 2. The fourth-order valence-corrected chi connectivity index (χ4v) is 3.62. The number of piperidine rings is 1. The fourth-order valence-electron chi connectivity index (χ4n) is 3.09. The summed E-state index contributed by atoms with van der Waals surface area (Å²) >= 11 is 3.45. The van der Waals surface area contributed by atoms with Gasteiger partial charge in [-0.05, 0) is 51.2 Å². The summed E-state index contributed by atoms with van der Waals surface area (Å²) in [5, 5.41) is 9.76. The Balaban J connectivity index is 2.18. The minimum atomic E-state index is -0.863. The Morgan fingerprint density at radius 2 is 2.00 bits per heavy atom. The molecule has 5 nitrogen and oxygen atoms in total. The van der Waals surface area contributed by atoms with Crippen LogP contribution in [0, 0.1) is 5.92 Å². The molecule has 0 aromatic heterocycles. The highest BCUT2D eigenvalue weighted by Crippen LogP contribution is 2.36. The largest absolute Gasteiger partial charge is 0.481 e. The van der Waals surface area contributed by atoms with Gasteiger partial charge in [0, 0.05) is 17.6 Å². The second-order valence-electron chi connectivity index (χ2n) is 7.17. The Morgan fingerprint density at radius 1 is 1.33 bits per heavy atom. The van der Waals surface area contributed by atoms with Gasteiger partial charge in [0.05, 0.1) is 5.92 Å². The van der Waals surface area contributed by atoms with Crippen LogP contribution in [0.4, 0.5) is 4.79 Å². The number of hydrogen-bond acceptors (Lipinski definition) is 3. The van der Waals surface area contributed by atoms with Crippen molar-refractivity contribution in [1.29, 1.82) is 0 Å². The van der Waals surface area contributed by atoms with E-state index in [1.165, 1.54) is 0 Å². The standard InChI is InChI=1S/C18H24BrNO4/c1-18(2,3)24-17(23)20-10-6-7-12(11-20)15(16(21)22)13-8-4-5-9-14(13)19/h4-5,8-9,12,15H,6-7,10-11H2,1-3H3,(H,21,22). The van der Waals surface area contributed by atoms with Crippen LogP contribution in [0.15, 0.2) is 28.7 Å². The van der Waals surface area contributed by atoms with Gasteiger partial charge in [-0.2, -0.15) is 0 Å². The van der Waals surface area contributed by atoms with Gasteiger partial charge in [-0.15, -0.1) is 0 Å². The van der Waals surface area contributed by atoms with Crippen molar-refractivity contribution in [3.05, 3.63) is 34.3 Å². The van der Waals surface area contributed by atoms with Crippen LogP contribution in [0.25, 0.3) is 0 Å². The Kier molecular flexibility index (Phi) is 5.91. The topological polar surface area (TPSA) is 66.8 Å². The molecular formula is C18H24BrNO4. The zero-order valence-corrected chi connectivity index (χ0v) is 15.9. The summed E-state index contributed by atoms with van der Waals surface area (Å²) in [5.74, 6) is -1.65. The lowest BCUT2D eigenvalue weighted by molar-refractivity contribution is -0.140. The van der Waals surface area contributed by atoms with Gasteiger partial charge in [0.25, 0.3) is 0 Å². The number of carbonyl (C=O) groups excluding carboxylic acids is 1. The number of rotatable bonds is 3. The highest BCUT2D eigenvalue weighted by atomic mass is 79.9. The van der Waals surface area contributed by atoms with Gasteiger partial charge in [-0.25, -0.2) is 4.79 Å². The number of hydrogen-bond donors (Lipinski definition) is 1. The first-order valence-electron chi connectivity index (χ1n) is 8.14. The molecule has 1 heterocycles. The van der Waals surface area contributed by atoms with E-state index in [9.17, 15) is 14.7 Å². The summed E-state index contributed by atoms with van der Waals surface area (Å²) in [6.45, 7) is 6.48. The van der Waals surface area contributed by atoms with Crippen molar-refractivity contribution >= 4 is 28.0 Å². The van der Waals surface area contributed by atoms with E-state index in [0.717, 1.165) is 22.9 Å². The van der Waals surface area contributed by atoms with Gasteiger partial charge in [-0.3, -0.25) is 4.79 Å². The number of halogens is 1. The van der Waals surface area contributed by atoms with Crippen molar-refractivity contribution in [2.45, 2.75) is 45.1 Å². The number of benzene rings is 1. The van der Waals surface area contributed by atoms with E-state index in [1.807, 2.05) is 45.0 Å². The Labute approximate surface area is 151 Å². The van der Waals surface area contributed by atoms with E-state index < -0.39 is 17.5 Å². The molecule has 1 fully saturated rings. The van der Waals surface area contributed by atoms with Gasteiger partial charge < -0.3 is 14.7 Å². The normalized spacial score (nSPS) is 19.7. The SMILES string of the molecule is CC(C)(C)OC(=O)N1CCCC(C(C(=O)O)c2ccccc2Br)C1. The number of carboxylic acids is 1. The molecule has 1 saturated heterocycles. The predicted octanol–water partition coefficient (Wildman–Crippen LogP) is 4.26. The zero-order valence-electron chi connectivity index (χ0n) is 14.3. The van der Waals surface area contributed by atoms with E-state index in [1.54, 1.807) is 4.90 Å². The summed E-state index contributed by atoms with van der Waals surface area (Å²) in [5.41, 5.74) is 0.194. The molecule has 0 saturated carbocycles. The second kappa shape index (κ2) is 7.55. The Bertz CT molecular complexity index is 611. The van der Waals surface area contributed by atoms with Crippen molar-refractivity contribution < 1.29 is 19.4 Å². The minimum absolute atomic E-state index is 0.137. The molecule has 1 aromatic carbocycles. The van der Waals surface area contributed by atoms with Crippen LogP contribution in [0.1, 0.15) is 45.1 Å². The number of aliphatic carboxylic acids is 1. The molecule has 132 valence electrons. The lowest BCUT2D eigenvalue weighted by atomic mass is 9.81. The number of ether oxygens (including phenoxy) is 1. The van der Waals surface area contributed by atoms with Crippen LogP contribution in [-0.4, -0.2) is 40.8 Å². The maximum atomic E-state index is 12.3.